The summed E-state index contributed by atoms with van der Waals surface area (Å²) >= 11 is 5.38. The fraction of sp³-hybridized carbons (Fsp3) is 0.600. The lowest BCUT2D eigenvalue weighted by Gasteiger charge is -1.88. The van der Waals surface area contributed by atoms with Gasteiger partial charge in [-0.2, -0.15) is 4.98 Å². The molecule has 0 aliphatic carbocycles. The smallest absolute Gasteiger partial charge is 0.241 e. The molecule has 1 heterocycles. The predicted molar refractivity (Wildman–Crippen MR) is 42.4 cm³/mol. The zero-order valence-electron chi connectivity index (χ0n) is 6.32. The van der Waals surface area contributed by atoms with Gasteiger partial charge in [-0.05, 0) is 0 Å². The molecule has 1 aromatic rings. The molecule has 68 valence electrons. The van der Waals surface area contributed by atoms with E-state index in [2.05, 4.69) is 14.7 Å². The van der Waals surface area contributed by atoms with E-state index in [0.717, 1.165) is 6.26 Å². The molecule has 7 heteroatoms. The highest BCUT2D eigenvalue weighted by molar-refractivity contribution is 7.89. The lowest BCUT2D eigenvalue weighted by Crippen LogP contribution is -2.00. The van der Waals surface area contributed by atoms with Crippen molar-refractivity contribution in [2.75, 3.05) is 6.26 Å². The number of aromatic nitrogens is 2. The van der Waals surface area contributed by atoms with Crippen molar-refractivity contribution in [3.63, 3.8) is 0 Å². The van der Waals surface area contributed by atoms with E-state index in [9.17, 15) is 8.42 Å². The molecule has 5 nitrogen and oxygen atoms in total. The first-order chi connectivity index (χ1) is 5.51. The van der Waals surface area contributed by atoms with Crippen LogP contribution in [-0.4, -0.2) is 24.8 Å². The van der Waals surface area contributed by atoms with Crippen LogP contribution in [0.4, 0.5) is 0 Å². The largest absolute Gasteiger partial charge is 0.338 e. The number of sulfone groups is 1. The minimum absolute atomic E-state index is 0.0770. The van der Waals surface area contributed by atoms with Crippen molar-refractivity contribution >= 4 is 21.4 Å². The number of alkyl halides is 1. The Balaban J connectivity index is 2.78. The van der Waals surface area contributed by atoms with Gasteiger partial charge >= 0.3 is 0 Å². The Morgan fingerprint density at radius 3 is 2.67 bits per heavy atom. The Morgan fingerprint density at radius 1 is 1.58 bits per heavy atom. The summed E-state index contributed by atoms with van der Waals surface area (Å²) in [7, 11) is -3.11. The quantitative estimate of drug-likeness (QED) is 0.674. The van der Waals surface area contributed by atoms with E-state index in [4.69, 9.17) is 11.6 Å². The van der Waals surface area contributed by atoms with Crippen LogP contribution in [0.5, 0.6) is 0 Å². The summed E-state index contributed by atoms with van der Waals surface area (Å²) in [6.45, 7) is 0. The van der Waals surface area contributed by atoms with Crippen LogP contribution < -0.4 is 0 Å². The van der Waals surface area contributed by atoms with Crippen molar-refractivity contribution in [3.05, 3.63) is 11.7 Å². The molecule has 0 saturated heterocycles. The highest BCUT2D eigenvalue weighted by Crippen LogP contribution is 2.03. The zero-order chi connectivity index (χ0) is 9.19. The second-order valence-electron chi connectivity index (χ2n) is 2.31. The van der Waals surface area contributed by atoms with Crippen LogP contribution in [0.1, 0.15) is 11.7 Å². The Morgan fingerprint density at radius 2 is 2.25 bits per heavy atom. The highest BCUT2D eigenvalue weighted by Gasteiger charge is 2.11. The molecule has 0 aliphatic rings. The Bertz CT molecular complexity index is 359. The minimum atomic E-state index is -3.11. The molecule has 0 aliphatic heterocycles. The zero-order valence-corrected chi connectivity index (χ0v) is 7.89. The summed E-state index contributed by atoms with van der Waals surface area (Å²) in [5.41, 5.74) is 0. The van der Waals surface area contributed by atoms with Crippen molar-refractivity contribution in [3.8, 4) is 0 Å². The van der Waals surface area contributed by atoms with Crippen LogP contribution in [0.25, 0.3) is 0 Å². The fourth-order valence-corrected chi connectivity index (χ4v) is 1.30. The molecular formula is C5H7ClN2O3S. The first kappa shape index (κ1) is 9.47. The minimum Gasteiger partial charge on any atom is -0.338 e. The molecule has 0 fully saturated rings. The summed E-state index contributed by atoms with van der Waals surface area (Å²) in [5, 5.41) is 3.44. The van der Waals surface area contributed by atoms with Crippen molar-refractivity contribution in [1.29, 1.82) is 0 Å². The van der Waals surface area contributed by atoms with E-state index in [0.29, 0.717) is 5.82 Å². The van der Waals surface area contributed by atoms with Crippen LogP contribution in [0.3, 0.4) is 0 Å². The van der Waals surface area contributed by atoms with E-state index < -0.39 is 9.84 Å². The van der Waals surface area contributed by atoms with Gasteiger partial charge in [0.05, 0.1) is 5.88 Å². The first-order valence-corrected chi connectivity index (χ1v) is 5.66. The van der Waals surface area contributed by atoms with Gasteiger partial charge in [-0.1, -0.05) is 5.16 Å². The summed E-state index contributed by atoms with van der Waals surface area (Å²) in [4.78, 5) is 3.73. The molecule has 0 atom stereocenters. The van der Waals surface area contributed by atoms with Crippen LogP contribution in [-0.2, 0) is 21.5 Å². The number of hydrogen-bond acceptors (Lipinski definition) is 5. The first-order valence-electron chi connectivity index (χ1n) is 3.06. The summed E-state index contributed by atoms with van der Waals surface area (Å²) < 4.78 is 26.1. The molecular weight excluding hydrogens is 204 g/mol. The van der Waals surface area contributed by atoms with E-state index in [1.165, 1.54) is 0 Å². The molecule has 0 radical (unpaired) electrons. The van der Waals surface area contributed by atoms with Gasteiger partial charge in [0.1, 0.15) is 5.75 Å². The topological polar surface area (TPSA) is 73.1 Å². The van der Waals surface area contributed by atoms with Crippen molar-refractivity contribution < 1.29 is 12.9 Å². The van der Waals surface area contributed by atoms with Gasteiger partial charge in [-0.25, -0.2) is 8.42 Å². The van der Waals surface area contributed by atoms with E-state index in [-0.39, 0.29) is 17.5 Å². The van der Waals surface area contributed by atoms with Gasteiger partial charge in [0, 0.05) is 6.26 Å². The Hall–Kier alpha value is -0.620. The molecule has 0 saturated carbocycles. The molecule has 1 aromatic heterocycles. The predicted octanol–water partition coefficient (Wildman–Crippen LogP) is 0.353. The van der Waals surface area contributed by atoms with Crippen LogP contribution in [0.15, 0.2) is 4.52 Å². The normalized spacial score (nSPS) is 11.8. The second-order valence-corrected chi connectivity index (χ2v) is 4.72. The van der Waals surface area contributed by atoms with Crippen molar-refractivity contribution in [2.24, 2.45) is 0 Å². The standard InChI is InChI=1S/C5H7ClN2O3S/c1-12(9,10)3-5-7-4(2-6)8-11-5/h2-3H2,1H3. The van der Waals surface area contributed by atoms with Gasteiger partial charge < -0.3 is 4.52 Å². The molecule has 0 N–H and O–H groups in total. The molecule has 0 bridgehead atoms. The average molecular weight is 211 g/mol. The van der Waals surface area contributed by atoms with Gasteiger partial charge in [0.25, 0.3) is 0 Å². The van der Waals surface area contributed by atoms with Gasteiger partial charge in [-0.15, -0.1) is 11.6 Å². The van der Waals surface area contributed by atoms with Crippen LogP contribution >= 0.6 is 11.6 Å². The third-order valence-electron chi connectivity index (χ3n) is 1.02. The maximum absolute atomic E-state index is 10.7. The number of hydrogen-bond donors (Lipinski definition) is 0. The van der Waals surface area contributed by atoms with Crippen molar-refractivity contribution in [2.45, 2.75) is 11.6 Å². The SMILES string of the molecule is CS(=O)(=O)Cc1nc(CCl)no1. The van der Waals surface area contributed by atoms with Crippen molar-refractivity contribution in [1.82, 2.24) is 10.1 Å². The monoisotopic (exact) mass is 210 g/mol. The average Bonchev–Trinajstić information content (AvgIpc) is 2.32. The van der Waals surface area contributed by atoms with Gasteiger partial charge in [0.2, 0.25) is 5.89 Å². The Kier molecular flexibility index (Phi) is 2.69. The van der Waals surface area contributed by atoms with E-state index >= 15 is 0 Å². The van der Waals surface area contributed by atoms with Gasteiger partial charge in [-0.3, -0.25) is 0 Å². The lowest BCUT2D eigenvalue weighted by molar-refractivity contribution is 0.384. The van der Waals surface area contributed by atoms with Crippen LogP contribution in [0.2, 0.25) is 0 Å². The maximum Gasteiger partial charge on any atom is 0.241 e. The number of rotatable bonds is 3. The highest BCUT2D eigenvalue weighted by atomic mass is 35.5. The maximum atomic E-state index is 10.7. The second kappa shape index (κ2) is 3.40. The molecule has 12 heavy (non-hydrogen) atoms. The third-order valence-corrected chi connectivity index (χ3v) is 2.03. The summed E-state index contributed by atoms with van der Waals surface area (Å²) in [6.07, 6.45) is 1.09. The summed E-state index contributed by atoms with van der Waals surface area (Å²) in [6, 6.07) is 0. The third kappa shape index (κ3) is 2.78. The van der Waals surface area contributed by atoms with Gasteiger partial charge in [0.15, 0.2) is 15.7 Å². The summed E-state index contributed by atoms with van der Waals surface area (Å²) in [5.74, 6) is 0.257. The van der Waals surface area contributed by atoms with E-state index in [1.54, 1.807) is 0 Å². The molecule has 0 spiro atoms. The molecule has 0 unspecified atom stereocenters. The number of halogens is 1. The molecule has 1 rings (SSSR count). The number of nitrogens with zero attached hydrogens (tertiary/aromatic N) is 2. The molecule has 0 amide bonds. The van der Waals surface area contributed by atoms with Crippen LogP contribution in [0, 0.1) is 0 Å². The fourth-order valence-electron chi connectivity index (χ4n) is 0.627. The van der Waals surface area contributed by atoms with E-state index in [1.807, 2.05) is 0 Å². The molecule has 0 aromatic carbocycles. The Labute approximate surface area is 74.6 Å². The lowest BCUT2D eigenvalue weighted by atomic mass is 10.7.